The van der Waals surface area contributed by atoms with Crippen LogP contribution in [0.4, 0.5) is 0 Å². The van der Waals surface area contributed by atoms with Crippen LogP contribution in [-0.2, 0) is 13.6 Å². The fourth-order valence-electron chi connectivity index (χ4n) is 0.906. The summed E-state index contributed by atoms with van der Waals surface area (Å²) in [7, 11) is -1.14. The molecule has 0 unspecified atom stereocenters. The van der Waals surface area contributed by atoms with Crippen LogP contribution >= 0.6 is 19.2 Å². The first-order valence-electron chi connectivity index (χ1n) is 3.96. The van der Waals surface area contributed by atoms with Crippen LogP contribution in [0.1, 0.15) is 9.75 Å². The molecule has 0 N–H and O–H groups in total. The highest BCUT2D eigenvalue weighted by Gasteiger charge is 2.26. The van der Waals surface area contributed by atoms with E-state index >= 15 is 0 Å². The first kappa shape index (κ1) is 12.2. The molecule has 0 aliphatic heterocycles. The third-order valence-corrected chi connectivity index (χ3v) is 3.83. The zero-order chi connectivity index (χ0) is 11.5. The first-order chi connectivity index (χ1) is 7.04. The van der Waals surface area contributed by atoms with Crippen molar-refractivity contribution in [1.82, 2.24) is 0 Å². The van der Waals surface area contributed by atoms with Crippen LogP contribution in [0.2, 0.25) is 0 Å². The molecule has 0 fully saturated rings. The summed E-state index contributed by atoms with van der Waals surface area (Å²) in [6, 6.07) is 3.57. The van der Waals surface area contributed by atoms with Crippen molar-refractivity contribution in [3.63, 3.8) is 0 Å². The van der Waals surface area contributed by atoms with Crippen LogP contribution < -0.4 is 4.52 Å². The van der Waals surface area contributed by atoms with E-state index in [1.165, 1.54) is 25.6 Å². The molecule has 0 bridgehead atoms. The average Bonchev–Trinajstić information content (AvgIpc) is 2.58. The van der Waals surface area contributed by atoms with Gasteiger partial charge in [-0.05, 0) is 13.0 Å². The summed E-state index contributed by atoms with van der Waals surface area (Å²) in [6.07, 6.45) is 0. The Morgan fingerprint density at radius 3 is 2.53 bits per heavy atom. The lowest BCUT2D eigenvalue weighted by atomic mass is 10.4. The van der Waals surface area contributed by atoms with Crippen molar-refractivity contribution in [2.75, 3.05) is 14.2 Å². The normalized spacial score (nSPS) is 11.1. The van der Waals surface area contributed by atoms with Gasteiger partial charge in [-0.2, -0.15) is 5.26 Å². The molecular formula is C8H10NO4PS. The molecular weight excluding hydrogens is 237 g/mol. The van der Waals surface area contributed by atoms with Gasteiger partial charge in [0, 0.05) is 19.1 Å². The van der Waals surface area contributed by atoms with Crippen molar-refractivity contribution in [3.8, 4) is 11.8 Å². The van der Waals surface area contributed by atoms with E-state index in [1.54, 1.807) is 6.07 Å². The summed E-state index contributed by atoms with van der Waals surface area (Å²) < 4.78 is 25.9. The van der Waals surface area contributed by atoms with Crippen LogP contribution in [0.3, 0.4) is 0 Å². The van der Waals surface area contributed by atoms with E-state index in [1.807, 2.05) is 13.0 Å². The Kier molecular flexibility index (Phi) is 3.89. The molecule has 15 heavy (non-hydrogen) atoms. The Morgan fingerprint density at radius 1 is 1.47 bits per heavy atom. The lowest BCUT2D eigenvalue weighted by Gasteiger charge is -2.12. The summed E-state index contributed by atoms with van der Waals surface area (Å²) in [5.74, 6) is 0.229. The largest absolute Gasteiger partial charge is 0.529 e. The molecule has 1 aromatic rings. The molecule has 1 heterocycles. The van der Waals surface area contributed by atoms with Gasteiger partial charge < -0.3 is 4.52 Å². The first-order valence-corrected chi connectivity index (χ1v) is 6.24. The van der Waals surface area contributed by atoms with Crippen LogP contribution in [0.5, 0.6) is 5.75 Å². The maximum Gasteiger partial charge on any atom is 0.529 e. The second kappa shape index (κ2) is 4.77. The molecule has 0 atom stereocenters. The maximum absolute atomic E-state index is 11.6. The average molecular weight is 247 g/mol. The second-order valence-corrected chi connectivity index (χ2v) is 5.63. The number of thiophene rings is 1. The number of hydrogen-bond acceptors (Lipinski definition) is 6. The van der Waals surface area contributed by atoms with Gasteiger partial charge in [0.05, 0.1) is 0 Å². The fraction of sp³-hybridized carbons (Fsp3) is 0.375. The molecule has 0 aliphatic carbocycles. The van der Waals surface area contributed by atoms with Gasteiger partial charge in [0.15, 0.2) is 5.75 Å². The molecule has 1 rings (SSSR count). The molecule has 0 aromatic carbocycles. The van der Waals surface area contributed by atoms with Crippen molar-refractivity contribution < 1.29 is 18.1 Å². The van der Waals surface area contributed by atoms with Gasteiger partial charge in [-0.25, -0.2) is 4.57 Å². The minimum atomic E-state index is -3.57. The fourth-order valence-corrected chi connectivity index (χ4v) is 2.39. The smallest absolute Gasteiger partial charge is 0.402 e. The monoisotopic (exact) mass is 247 g/mol. The summed E-state index contributed by atoms with van der Waals surface area (Å²) >= 11 is 1.26. The molecule has 0 radical (unpaired) electrons. The van der Waals surface area contributed by atoms with E-state index in [0.29, 0.717) is 4.88 Å². The van der Waals surface area contributed by atoms with Crippen LogP contribution in [-0.4, -0.2) is 14.2 Å². The lowest BCUT2D eigenvalue weighted by Crippen LogP contribution is -1.97. The number of rotatable bonds is 4. The van der Waals surface area contributed by atoms with Crippen LogP contribution in [0.15, 0.2) is 6.07 Å². The topological polar surface area (TPSA) is 68.6 Å². The van der Waals surface area contributed by atoms with E-state index < -0.39 is 7.82 Å². The van der Waals surface area contributed by atoms with Crippen LogP contribution in [0.25, 0.3) is 0 Å². The third-order valence-electron chi connectivity index (χ3n) is 1.58. The number of nitriles is 1. The third kappa shape index (κ3) is 2.80. The van der Waals surface area contributed by atoms with E-state index in [0.717, 1.165) is 4.88 Å². The highest BCUT2D eigenvalue weighted by Crippen LogP contribution is 2.49. The van der Waals surface area contributed by atoms with E-state index in [4.69, 9.17) is 9.79 Å². The molecule has 0 aliphatic rings. The van der Waals surface area contributed by atoms with E-state index in [2.05, 4.69) is 9.05 Å². The van der Waals surface area contributed by atoms with E-state index in [9.17, 15) is 4.57 Å². The van der Waals surface area contributed by atoms with Crippen molar-refractivity contribution in [1.29, 1.82) is 5.26 Å². The van der Waals surface area contributed by atoms with E-state index in [-0.39, 0.29) is 5.75 Å². The Bertz CT molecular complexity index is 428. The van der Waals surface area contributed by atoms with Crippen molar-refractivity contribution in [3.05, 3.63) is 15.8 Å². The van der Waals surface area contributed by atoms with Crippen molar-refractivity contribution in [2.24, 2.45) is 0 Å². The maximum atomic E-state index is 11.6. The molecule has 0 spiro atoms. The Labute approximate surface area is 91.8 Å². The number of phosphoric acid groups is 1. The van der Waals surface area contributed by atoms with Gasteiger partial charge in [-0.3, -0.25) is 9.05 Å². The molecule has 5 nitrogen and oxygen atoms in total. The zero-order valence-electron chi connectivity index (χ0n) is 8.51. The lowest BCUT2D eigenvalue weighted by molar-refractivity contribution is 0.211. The second-order valence-electron chi connectivity index (χ2n) is 2.57. The Hall–Kier alpha value is -0.860. The van der Waals surface area contributed by atoms with Gasteiger partial charge in [0.1, 0.15) is 10.9 Å². The zero-order valence-corrected chi connectivity index (χ0v) is 10.2. The van der Waals surface area contributed by atoms with Gasteiger partial charge in [0.25, 0.3) is 0 Å². The molecule has 7 heteroatoms. The number of aryl methyl sites for hydroxylation is 1. The minimum Gasteiger partial charge on any atom is -0.402 e. The number of phosphoric ester groups is 1. The molecule has 0 saturated carbocycles. The molecule has 1 aromatic heterocycles. The SMILES string of the molecule is COP(=O)(OC)Oc1cc(C)sc1C#N. The van der Waals surface area contributed by atoms with Gasteiger partial charge in [0.2, 0.25) is 0 Å². The van der Waals surface area contributed by atoms with Crippen LogP contribution in [0, 0.1) is 18.3 Å². The molecule has 0 saturated heterocycles. The minimum absolute atomic E-state index is 0.229. The highest BCUT2D eigenvalue weighted by molar-refractivity contribution is 7.48. The summed E-state index contributed by atoms with van der Waals surface area (Å²) in [6.45, 7) is 1.82. The van der Waals surface area contributed by atoms with Crippen molar-refractivity contribution in [2.45, 2.75) is 6.92 Å². The standard InChI is InChI=1S/C8H10NO4PS/c1-6-4-7(8(5-9)15-6)13-14(10,11-2)12-3/h4H,1-3H3. The van der Waals surface area contributed by atoms with Gasteiger partial charge >= 0.3 is 7.82 Å². The van der Waals surface area contributed by atoms with Crippen molar-refractivity contribution >= 4 is 19.2 Å². The van der Waals surface area contributed by atoms with Gasteiger partial charge in [-0.15, -0.1) is 11.3 Å². The summed E-state index contributed by atoms with van der Waals surface area (Å²) in [4.78, 5) is 1.24. The van der Waals surface area contributed by atoms with Gasteiger partial charge in [-0.1, -0.05) is 0 Å². The molecule has 82 valence electrons. The summed E-state index contributed by atoms with van der Waals surface area (Å²) in [5, 5.41) is 8.78. The Morgan fingerprint density at radius 2 is 2.07 bits per heavy atom. The number of hydrogen-bond donors (Lipinski definition) is 0. The number of nitrogens with zero attached hydrogens (tertiary/aromatic N) is 1. The summed E-state index contributed by atoms with van der Waals surface area (Å²) in [5.41, 5.74) is 0. The Balaban J connectivity index is 2.99. The predicted octanol–water partition coefficient (Wildman–Crippen LogP) is 2.71. The quantitative estimate of drug-likeness (QED) is 0.765. The predicted molar refractivity (Wildman–Crippen MR) is 56.0 cm³/mol. The molecule has 0 amide bonds. The highest BCUT2D eigenvalue weighted by atomic mass is 32.1.